The number of esters is 2. The van der Waals surface area contributed by atoms with E-state index in [-0.39, 0.29) is 41.9 Å². The van der Waals surface area contributed by atoms with Crippen LogP contribution < -0.4 is 0 Å². The van der Waals surface area contributed by atoms with Gasteiger partial charge in [0.25, 0.3) is 0 Å². The molecule has 6 atom stereocenters. The molecule has 0 aromatic heterocycles. The second-order valence-corrected chi connectivity index (χ2v) is 9.92. The Morgan fingerprint density at radius 2 is 2.04 bits per heavy atom. The maximum atomic E-state index is 12.0. The van der Waals surface area contributed by atoms with Crippen molar-refractivity contribution in [3.63, 3.8) is 0 Å². The summed E-state index contributed by atoms with van der Waals surface area (Å²) < 4.78 is 10.7. The summed E-state index contributed by atoms with van der Waals surface area (Å²) in [5.74, 6) is -0.992. The average Bonchev–Trinajstić information content (AvgIpc) is 3.00. The van der Waals surface area contributed by atoms with Gasteiger partial charge in [0.1, 0.15) is 12.7 Å². The standard InChI is InChI=1S/C22H34O6/c1-13-10-16(28-14(2)23)19-20(3,4)8-7-17(24)21(19,5)22(13,26)9-6-15-11-18(25)27-12-15/h11,13,16-17,19,24,26H,6-10,12H2,1-5H3/t13-,16-,17-,19+,21+,22-/m1/s1. The summed E-state index contributed by atoms with van der Waals surface area (Å²) in [6, 6.07) is 0. The van der Waals surface area contributed by atoms with Crippen LogP contribution in [0.1, 0.15) is 66.7 Å². The van der Waals surface area contributed by atoms with Crippen molar-refractivity contribution in [1.82, 2.24) is 0 Å². The monoisotopic (exact) mass is 394 g/mol. The molecule has 28 heavy (non-hydrogen) atoms. The van der Waals surface area contributed by atoms with E-state index in [2.05, 4.69) is 13.8 Å². The maximum Gasteiger partial charge on any atom is 0.331 e. The second-order valence-electron chi connectivity index (χ2n) is 9.92. The van der Waals surface area contributed by atoms with E-state index >= 15 is 0 Å². The molecule has 0 amide bonds. The lowest BCUT2D eigenvalue weighted by Crippen LogP contribution is -2.71. The van der Waals surface area contributed by atoms with E-state index in [0.29, 0.717) is 25.7 Å². The average molecular weight is 395 g/mol. The van der Waals surface area contributed by atoms with Crippen LogP contribution in [-0.4, -0.2) is 46.6 Å². The van der Waals surface area contributed by atoms with Crippen molar-refractivity contribution in [3.05, 3.63) is 11.6 Å². The maximum absolute atomic E-state index is 12.0. The highest BCUT2D eigenvalue weighted by molar-refractivity contribution is 5.85. The summed E-state index contributed by atoms with van der Waals surface area (Å²) in [5.41, 5.74) is -1.28. The van der Waals surface area contributed by atoms with Gasteiger partial charge in [-0.3, -0.25) is 4.79 Å². The van der Waals surface area contributed by atoms with E-state index in [9.17, 15) is 19.8 Å². The number of fused-ring (bicyclic) bond motifs is 1. The topological polar surface area (TPSA) is 93.1 Å². The van der Waals surface area contributed by atoms with Gasteiger partial charge in [0.2, 0.25) is 0 Å². The highest BCUT2D eigenvalue weighted by atomic mass is 16.5. The van der Waals surface area contributed by atoms with Gasteiger partial charge >= 0.3 is 11.9 Å². The van der Waals surface area contributed by atoms with Crippen LogP contribution in [0.25, 0.3) is 0 Å². The number of carbonyl (C=O) groups is 2. The second kappa shape index (κ2) is 7.13. The van der Waals surface area contributed by atoms with Crippen molar-refractivity contribution < 1.29 is 29.3 Å². The van der Waals surface area contributed by atoms with E-state index in [4.69, 9.17) is 9.47 Å². The van der Waals surface area contributed by atoms with Crippen LogP contribution in [0.4, 0.5) is 0 Å². The lowest BCUT2D eigenvalue weighted by molar-refractivity contribution is -0.281. The number of rotatable bonds is 4. The predicted molar refractivity (Wildman–Crippen MR) is 103 cm³/mol. The Morgan fingerprint density at radius 3 is 2.61 bits per heavy atom. The van der Waals surface area contributed by atoms with Gasteiger partial charge in [-0.1, -0.05) is 27.7 Å². The molecule has 0 unspecified atom stereocenters. The summed E-state index contributed by atoms with van der Waals surface area (Å²) in [7, 11) is 0. The third-order valence-electron chi connectivity index (χ3n) is 7.81. The van der Waals surface area contributed by atoms with Crippen molar-refractivity contribution in [2.45, 2.75) is 84.5 Å². The summed E-state index contributed by atoms with van der Waals surface area (Å²) >= 11 is 0. The van der Waals surface area contributed by atoms with Crippen molar-refractivity contribution in [3.8, 4) is 0 Å². The fraction of sp³-hybridized carbons (Fsp3) is 0.818. The molecular weight excluding hydrogens is 360 g/mol. The zero-order valence-corrected chi connectivity index (χ0v) is 17.7. The molecule has 0 aromatic carbocycles. The molecule has 0 bridgehead atoms. The number of aliphatic hydroxyl groups is 2. The van der Waals surface area contributed by atoms with Crippen LogP contribution in [0.3, 0.4) is 0 Å². The summed E-state index contributed by atoms with van der Waals surface area (Å²) in [6.07, 6.45) is 3.42. The molecule has 0 spiro atoms. The van der Waals surface area contributed by atoms with E-state index in [1.54, 1.807) is 0 Å². The summed E-state index contributed by atoms with van der Waals surface area (Å²) in [4.78, 5) is 23.2. The van der Waals surface area contributed by atoms with Crippen molar-refractivity contribution in [2.75, 3.05) is 6.61 Å². The zero-order valence-electron chi connectivity index (χ0n) is 17.7. The fourth-order valence-electron chi connectivity index (χ4n) is 6.40. The molecule has 3 aliphatic rings. The molecule has 1 aliphatic heterocycles. The number of aliphatic hydroxyl groups excluding tert-OH is 1. The Kier molecular flexibility index (Phi) is 5.43. The highest BCUT2D eigenvalue weighted by Crippen LogP contribution is 2.64. The molecule has 0 aromatic rings. The third kappa shape index (κ3) is 3.28. The first-order chi connectivity index (χ1) is 12.9. The lowest BCUT2D eigenvalue weighted by Gasteiger charge is -2.66. The number of hydrogen-bond acceptors (Lipinski definition) is 6. The molecule has 2 aliphatic carbocycles. The Labute approximate surface area is 167 Å². The van der Waals surface area contributed by atoms with E-state index in [1.165, 1.54) is 13.0 Å². The summed E-state index contributed by atoms with van der Waals surface area (Å²) in [6.45, 7) is 9.89. The van der Waals surface area contributed by atoms with Crippen LogP contribution in [0.15, 0.2) is 11.6 Å². The SMILES string of the molecule is CC(=O)O[C@@H]1C[C@@H](C)[C@](O)(CCC2=CC(=O)OC2)[C@@]2(C)[C@H](O)CCC(C)(C)[C@H]12. The van der Waals surface area contributed by atoms with Gasteiger partial charge < -0.3 is 19.7 Å². The Morgan fingerprint density at radius 1 is 1.36 bits per heavy atom. The van der Waals surface area contributed by atoms with E-state index in [0.717, 1.165) is 12.0 Å². The Hall–Kier alpha value is -1.40. The van der Waals surface area contributed by atoms with Crippen LogP contribution >= 0.6 is 0 Å². The van der Waals surface area contributed by atoms with Gasteiger partial charge in [-0.15, -0.1) is 0 Å². The first-order valence-electron chi connectivity index (χ1n) is 10.4. The normalized spacial score (nSPS) is 42.4. The molecule has 6 heteroatoms. The molecule has 1 heterocycles. The van der Waals surface area contributed by atoms with Crippen LogP contribution in [-0.2, 0) is 19.1 Å². The van der Waals surface area contributed by atoms with Gasteiger partial charge in [0.05, 0.1) is 11.7 Å². The molecule has 2 fully saturated rings. The van der Waals surface area contributed by atoms with Gasteiger partial charge in [0, 0.05) is 24.3 Å². The van der Waals surface area contributed by atoms with E-state index < -0.39 is 17.1 Å². The van der Waals surface area contributed by atoms with Crippen molar-refractivity contribution in [2.24, 2.45) is 22.7 Å². The smallest absolute Gasteiger partial charge is 0.331 e. The van der Waals surface area contributed by atoms with E-state index in [1.807, 2.05) is 13.8 Å². The highest BCUT2D eigenvalue weighted by Gasteiger charge is 2.68. The first kappa shape index (κ1) is 21.3. The molecular formula is C22H34O6. The molecule has 6 nitrogen and oxygen atoms in total. The van der Waals surface area contributed by atoms with Crippen molar-refractivity contribution in [1.29, 1.82) is 0 Å². The van der Waals surface area contributed by atoms with Crippen molar-refractivity contribution >= 4 is 11.9 Å². The Bertz CT molecular complexity index is 683. The van der Waals surface area contributed by atoms with Gasteiger partial charge in [0.15, 0.2) is 0 Å². The lowest BCUT2D eigenvalue weighted by atomic mass is 9.42. The molecule has 158 valence electrons. The fourth-order valence-corrected chi connectivity index (χ4v) is 6.40. The molecule has 0 radical (unpaired) electrons. The zero-order chi connectivity index (χ0) is 20.9. The number of ether oxygens (including phenoxy) is 2. The van der Waals surface area contributed by atoms with Crippen LogP contribution in [0.5, 0.6) is 0 Å². The predicted octanol–water partition coefficient (Wildman–Crippen LogP) is 2.76. The molecule has 2 saturated carbocycles. The van der Waals surface area contributed by atoms with Gasteiger partial charge in [-0.05, 0) is 49.0 Å². The molecule has 3 rings (SSSR count). The quantitative estimate of drug-likeness (QED) is 0.712. The molecule has 0 saturated heterocycles. The van der Waals surface area contributed by atoms with Gasteiger partial charge in [-0.2, -0.15) is 0 Å². The minimum Gasteiger partial charge on any atom is -0.462 e. The number of carbonyl (C=O) groups excluding carboxylic acids is 2. The summed E-state index contributed by atoms with van der Waals surface area (Å²) in [5, 5.41) is 23.2. The number of cyclic esters (lactones) is 1. The van der Waals surface area contributed by atoms with Crippen LogP contribution in [0, 0.1) is 22.7 Å². The minimum atomic E-state index is -1.14. The third-order valence-corrected chi connectivity index (χ3v) is 7.81. The molecule has 2 N–H and O–H groups in total. The Balaban J connectivity index is 1.98. The minimum absolute atomic E-state index is 0.163. The largest absolute Gasteiger partial charge is 0.462 e. The number of hydrogen-bond donors (Lipinski definition) is 2. The first-order valence-corrected chi connectivity index (χ1v) is 10.4. The van der Waals surface area contributed by atoms with Crippen LogP contribution in [0.2, 0.25) is 0 Å². The van der Waals surface area contributed by atoms with Gasteiger partial charge in [-0.25, -0.2) is 4.79 Å².